The molecular weight excluding hydrogens is 420 g/mol. The van der Waals surface area contributed by atoms with Gasteiger partial charge in [-0.1, -0.05) is 42.5 Å². The van der Waals surface area contributed by atoms with Gasteiger partial charge in [0.1, 0.15) is 0 Å². The molecule has 0 bridgehead atoms. The third-order valence-electron chi connectivity index (χ3n) is 6.53. The second-order valence-electron chi connectivity index (χ2n) is 8.37. The van der Waals surface area contributed by atoms with Crippen LogP contribution in [-0.2, 0) is 0 Å². The molecule has 0 aliphatic carbocycles. The summed E-state index contributed by atoms with van der Waals surface area (Å²) in [5.41, 5.74) is 4.05. The second-order valence-corrected chi connectivity index (χ2v) is 9.27. The van der Waals surface area contributed by atoms with Gasteiger partial charge >= 0.3 is 0 Å². The fraction of sp³-hybridized carbons (Fsp3) is 0.320. The van der Waals surface area contributed by atoms with E-state index >= 15 is 0 Å². The average Bonchev–Trinajstić information content (AvgIpc) is 3.34. The number of carbonyl (C=O) groups is 2. The molecule has 1 aromatic heterocycles. The van der Waals surface area contributed by atoms with Crippen molar-refractivity contribution in [3.63, 3.8) is 0 Å². The van der Waals surface area contributed by atoms with E-state index in [0.717, 1.165) is 48.4 Å². The maximum absolute atomic E-state index is 13.2. The predicted octanol–water partition coefficient (Wildman–Crippen LogP) is 3.40. The smallest absolute Gasteiger partial charge is 0.282 e. The Morgan fingerprint density at radius 2 is 1.66 bits per heavy atom. The number of piperazine rings is 1. The van der Waals surface area contributed by atoms with Gasteiger partial charge in [-0.15, -0.1) is 11.3 Å². The Hall–Kier alpha value is -3.03. The molecular formula is C25H26N4O2S. The lowest BCUT2D eigenvalue weighted by molar-refractivity contribution is 0.00850. The van der Waals surface area contributed by atoms with E-state index in [4.69, 9.17) is 0 Å². The number of hydrogen-bond acceptors (Lipinski definition) is 5. The van der Waals surface area contributed by atoms with Gasteiger partial charge in [0.25, 0.3) is 11.8 Å². The van der Waals surface area contributed by atoms with Crippen LogP contribution in [0.2, 0.25) is 0 Å². The van der Waals surface area contributed by atoms with Crippen LogP contribution in [-0.4, -0.2) is 76.8 Å². The zero-order valence-electron chi connectivity index (χ0n) is 18.1. The van der Waals surface area contributed by atoms with Crippen molar-refractivity contribution >= 4 is 23.2 Å². The first-order chi connectivity index (χ1) is 15.6. The Bertz CT molecular complexity index is 1100. The van der Waals surface area contributed by atoms with Crippen molar-refractivity contribution in [2.75, 3.05) is 39.3 Å². The summed E-state index contributed by atoms with van der Waals surface area (Å²) in [7, 11) is 0. The number of aromatic nitrogens is 1. The van der Waals surface area contributed by atoms with Crippen LogP contribution >= 0.6 is 11.3 Å². The molecule has 3 aromatic rings. The van der Waals surface area contributed by atoms with Gasteiger partial charge in [-0.3, -0.25) is 14.5 Å². The Morgan fingerprint density at radius 1 is 0.906 bits per heavy atom. The van der Waals surface area contributed by atoms with E-state index in [9.17, 15) is 9.59 Å². The Balaban J connectivity index is 1.18. The van der Waals surface area contributed by atoms with Crippen molar-refractivity contribution in [2.24, 2.45) is 0 Å². The lowest BCUT2D eigenvalue weighted by atomic mass is 9.94. The van der Waals surface area contributed by atoms with Crippen LogP contribution < -0.4 is 0 Å². The highest BCUT2D eigenvalue weighted by Crippen LogP contribution is 2.28. The summed E-state index contributed by atoms with van der Waals surface area (Å²) in [4.78, 5) is 36.0. The molecule has 2 saturated heterocycles. The maximum Gasteiger partial charge on any atom is 0.282 e. The minimum Gasteiger partial charge on any atom is -0.335 e. The van der Waals surface area contributed by atoms with Crippen LogP contribution in [0.5, 0.6) is 0 Å². The van der Waals surface area contributed by atoms with Crippen LogP contribution in [0, 0.1) is 6.92 Å². The van der Waals surface area contributed by atoms with Gasteiger partial charge in [-0.05, 0) is 29.7 Å². The summed E-state index contributed by atoms with van der Waals surface area (Å²) >= 11 is 1.39. The van der Waals surface area contributed by atoms with Gasteiger partial charge in [0.15, 0.2) is 5.01 Å². The summed E-state index contributed by atoms with van der Waals surface area (Å²) in [6.45, 7) is 6.62. The largest absolute Gasteiger partial charge is 0.335 e. The number of benzene rings is 2. The van der Waals surface area contributed by atoms with Crippen LogP contribution in [0.4, 0.5) is 0 Å². The van der Waals surface area contributed by atoms with E-state index in [0.29, 0.717) is 24.1 Å². The highest BCUT2D eigenvalue weighted by Gasteiger charge is 2.37. The lowest BCUT2D eigenvalue weighted by Gasteiger charge is -2.48. The third-order valence-corrected chi connectivity index (χ3v) is 7.29. The van der Waals surface area contributed by atoms with Gasteiger partial charge in [-0.25, -0.2) is 4.98 Å². The quantitative estimate of drug-likeness (QED) is 0.616. The first-order valence-electron chi connectivity index (χ1n) is 11.0. The van der Waals surface area contributed by atoms with E-state index in [-0.39, 0.29) is 11.8 Å². The molecule has 0 radical (unpaired) electrons. The van der Waals surface area contributed by atoms with Gasteiger partial charge in [-0.2, -0.15) is 0 Å². The molecule has 164 valence electrons. The van der Waals surface area contributed by atoms with Gasteiger partial charge in [0.2, 0.25) is 0 Å². The Kier molecular flexibility index (Phi) is 5.76. The molecule has 7 heteroatoms. The zero-order valence-corrected chi connectivity index (χ0v) is 18.9. The molecule has 2 aliphatic heterocycles. The standard InChI is InChI=1S/C25H26N4O2S/c1-18-21(19-6-3-2-4-7-19)8-5-9-22(18)24(30)29-16-20(17-29)27-11-13-28(14-12-27)25(31)23-26-10-15-32-23/h2-10,15,20H,11-14,16-17H2,1H3. The summed E-state index contributed by atoms with van der Waals surface area (Å²) < 4.78 is 0. The van der Waals surface area contributed by atoms with E-state index in [1.165, 1.54) is 11.3 Å². The van der Waals surface area contributed by atoms with Crippen LogP contribution in [0.1, 0.15) is 25.7 Å². The monoisotopic (exact) mass is 446 g/mol. The molecule has 2 amide bonds. The molecule has 3 heterocycles. The van der Waals surface area contributed by atoms with Crippen LogP contribution in [0.15, 0.2) is 60.1 Å². The van der Waals surface area contributed by atoms with Crippen molar-refractivity contribution < 1.29 is 9.59 Å². The zero-order chi connectivity index (χ0) is 22.1. The fourth-order valence-corrected chi connectivity index (χ4v) is 5.18. The fourth-order valence-electron chi connectivity index (χ4n) is 4.57. The number of nitrogens with zero attached hydrogens (tertiary/aromatic N) is 4. The molecule has 5 rings (SSSR count). The van der Waals surface area contributed by atoms with Crippen molar-refractivity contribution in [1.82, 2.24) is 19.7 Å². The van der Waals surface area contributed by atoms with Gasteiger partial charge in [0, 0.05) is 62.5 Å². The number of likely N-dealkylation sites (tertiary alicyclic amines) is 1. The molecule has 0 atom stereocenters. The van der Waals surface area contributed by atoms with E-state index in [1.807, 2.05) is 52.4 Å². The minimum absolute atomic E-state index is 0.0267. The average molecular weight is 447 g/mol. The lowest BCUT2D eigenvalue weighted by Crippen LogP contribution is -2.64. The number of amides is 2. The number of hydrogen-bond donors (Lipinski definition) is 0. The van der Waals surface area contributed by atoms with E-state index in [2.05, 4.69) is 28.1 Å². The molecule has 2 aromatic carbocycles. The molecule has 2 aliphatic rings. The van der Waals surface area contributed by atoms with Crippen molar-refractivity contribution in [3.05, 3.63) is 76.2 Å². The van der Waals surface area contributed by atoms with Gasteiger partial charge < -0.3 is 9.80 Å². The van der Waals surface area contributed by atoms with Crippen molar-refractivity contribution in [1.29, 1.82) is 0 Å². The highest BCUT2D eigenvalue weighted by molar-refractivity contribution is 7.11. The first kappa shape index (κ1) is 20.8. The highest BCUT2D eigenvalue weighted by atomic mass is 32.1. The van der Waals surface area contributed by atoms with Crippen LogP contribution in [0.3, 0.4) is 0 Å². The summed E-state index contributed by atoms with van der Waals surface area (Å²) in [5, 5.41) is 2.40. The molecule has 0 N–H and O–H groups in total. The van der Waals surface area contributed by atoms with E-state index < -0.39 is 0 Å². The van der Waals surface area contributed by atoms with E-state index in [1.54, 1.807) is 6.20 Å². The summed E-state index contributed by atoms with van der Waals surface area (Å²) in [5.74, 6) is 0.132. The summed E-state index contributed by atoms with van der Waals surface area (Å²) in [6, 6.07) is 16.5. The molecule has 2 fully saturated rings. The van der Waals surface area contributed by atoms with Gasteiger partial charge in [0.05, 0.1) is 0 Å². The molecule has 0 saturated carbocycles. The van der Waals surface area contributed by atoms with Crippen molar-refractivity contribution in [2.45, 2.75) is 13.0 Å². The van der Waals surface area contributed by atoms with Crippen molar-refractivity contribution in [3.8, 4) is 11.1 Å². The minimum atomic E-state index is 0.0267. The molecule has 32 heavy (non-hydrogen) atoms. The molecule has 6 nitrogen and oxygen atoms in total. The second kappa shape index (κ2) is 8.84. The Labute approximate surface area is 192 Å². The topological polar surface area (TPSA) is 56.8 Å². The number of rotatable bonds is 4. The summed E-state index contributed by atoms with van der Waals surface area (Å²) in [6.07, 6.45) is 1.67. The SMILES string of the molecule is Cc1c(C(=O)N2CC(N3CCN(C(=O)c4nccs4)CC3)C2)cccc1-c1ccccc1. The predicted molar refractivity (Wildman–Crippen MR) is 126 cm³/mol. The Morgan fingerprint density at radius 3 is 2.34 bits per heavy atom. The normalized spacial score (nSPS) is 17.3. The third kappa shape index (κ3) is 3.94. The maximum atomic E-state index is 13.2. The number of carbonyl (C=O) groups excluding carboxylic acids is 2. The molecule has 0 spiro atoms. The molecule has 0 unspecified atom stereocenters. The number of thiazole rings is 1. The first-order valence-corrected chi connectivity index (χ1v) is 11.9. The van der Waals surface area contributed by atoms with Crippen LogP contribution in [0.25, 0.3) is 11.1 Å².